The van der Waals surface area contributed by atoms with Crippen LogP contribution in [0.4, 0.5) is 0 Å². The quantitative estimate of drug-likeness (QED) is 0.634. The number of alkyl halides is 1. The van der Waals surface area contributed by atoms with Gasteiger partial charge in [-0.3, -0.25) is 0 Å². The Bertz CT molecular complexity index is 628. The number of esters is 1. The first kappa shape index (κ1) is 14.5. The summed E-state index contributed by atoms with van der Waals surface area (Å²) in [5.74, 6) is 0.213. The van der Waals surface area contributed by atoms with Crippen LogP contribution in [0.25, 0.3) is 11.3 Å². The van der Waals surface area contributed by atoms with Crippen LogP contribution < -0.4 is 4.74 Å². The predicted molar refractivity (Wildman–Crippen MR) is 80.2 cm³/mol. The average molecular weight is 336 g/mol. The summed E-state index contributed by atoms with van der Waals surface area (Å²) in [4.78, 5) is 16.0. The lowest BCUT2D eigenvalue weighted by Gasteiger charge is -2.09. The van der Waals surface area contributed by atoms with Crippen molar-refractivity contribution >= 4 is 21.9 Å². The summed E-state index contributed by atoms with van der Waals surface area (Å²) in [6, 6.07) is 11.1. The molecule has 0 aliphatic rings. The number of carbonyl (C=O) groups excluding carboxylic acids is 1. The van der Waals surface area contributed by atoms with Gasteiger partial charge in [-0.05, 0) is 23.8 Å². The molecular formula is C15H14BrNO3. The highest BCUT2D eigenvalue weighted by molar-refractivity contribution is 9.08. The molecule has 20 heavy (non-hydrogen) atoms. The molecule has 0 spiro atoms. The average Bonchev–Trinajstić information content (AvgIpc) is 2.53. The van der Waals surface area contributed by atoms with Gasteiger partial charge in [0.2, 0.25) is 5.88 Å². The fourth-order valence-corrected chi connectivity index (χ4v) is 2.33. The maximum Gasteiger partial charge on any atom is 0.338 e. The zero-order valence-corrected chi connectivity index (χ0v) is 12.8. The topological polar surface area (TPSA) is 48.4 Å². The number of hydrogen-bond donors (Lipinski definition) is 0. The van der Waals surface area contributed by atoms with E-state index in [0.717, 1.165) is 16.8 Å². The molecule has 0 N–H and O–H groups in total. The second-order valence-corrected chi connectivity index (χ2v) is 4.62. The molecule has 4 nitrogen and oxygen atoms in total. The van der Waals surface area contributed by atoms with Crippen LogP contribution >= 0.6 is 15.9 Å². The van der Waals surface area contributed by atoms with Crippen LogP contribution in [-0.2, 0) is 10.1 Å². The first-order valence-corrected chi connectivity index (χ1v) is 7.10. The third-order valence-electron chi connectivity index (χ3n) is 2.88. The number of benzene rings is 1. The summed E-state index contributed by atoms with van der Waals surface area (Å²) < 4.78 is 9.88. The summed E-state index contributed by atoms with van der Waals surface area (Å²) in [5.41, 5.74) is 3.13. The molecule has 0 atom stereocenters. The van der Waals surface area contributed by atoms with E-state index in [4.69, 9.17) is 9.47 Å². The zero-order valence-electron chi connectivity index (χ0n) is 11.2. The predicted octanol–water partition coefficient (Wildman–Crippen LogP) is 3.44. The van der Waals surface area contributed by atoms with Gasteiger partial charge in [0.25, 0.3) is 0 Å². The molecule has 1 aromatic carbocycles. The number of hydrogen-bond acceptors (Lipinski definition) is 4. The fraction of sp³-hybridized carbons (Fsp3) is 0.200. The third kappa shape index (κ3) is 2.99. The maximum absolute atomic E-state index is 11.7. The maximum atomic E-state index is 11.7. The first-order chi connectivity index (χ1) is 9.69. The summed E-state index contributed by atoms with van der Waals surface area (Å²) in [6.07, 6.45) is 0. The van der Waals surface area contributed by atoms with Gasteiger partial charge in [0.15, 0.2) is 0 Å². The van der Waals surface area contributed by atoms with Gasteiger partial charge in [0.05, 0.1) is 25.5 Å². The van der Waals surface area contributed by atoms with Gasteiger partial charge in [-0.1, -0.05) is 28.1 Å². The van der Waals surface area contributed by atoms with Crippen LogP contribution in [0.2, 0.25) is 0 Å². The highest BCUT2D eigenvalue weighted by Gasteiger charge is 2.12. The molecule has 0 saturated heterocycles. The van der Waals surface area contributed by atoms with Crippen molar-refractivity contribution in [3.8, 4) is 17.1 Å². The van der Waals surface area contributed by atoms with E-state index in [1.165, 1.54) is 7.11 Å². The van der Waals surface area contributed by atoms with E-state index in [2.05, 4.69) is 20.9 Å². The number of nitrogens with zero attached hydrogens (tertiary/aromatic N) is 1. The smallest absolute Gasteiger partial charge is 0.338 e. The number of halogens is 1. The molecular weight excluding hydrogens is 322 g/mol. The molecule has 0 fully saturated rings. The number of carbonyl (C=O) groups is 1. The molecule has 5 heteroatoms. The zero-order chi connectivity index (χ0) is 14.5. The van der Waals surface area contributed by atoms with E-state index < -0.39 is 0 Å². The van der Waals surface area contributed by atoms with Crippen molar-refractivity contribution in [1.29, 1.82) is 0 Å². The van der Waals surface area contributed by atoms with Crippen LogP contribution in [0.5, 0.6) is 5.88 Å². The molecule has 104 valence electrons. The Morgan fingerprint density at radius 3 is 2.70 bits per heavy atom. The molecule has 0 aliphatic heterocycles. The van der Waals surface area contributed by atoms with E-state index in [-0.39, 0.29) is 5.97 Å². The minimum absolute atomic E-state index is 0.343. The Kier molecular flexibility index (Phi) is 4.74. The normalized spacial score (nSPS) is 10.2. The third-order valence-corrected chi connectivity index (χ3v) is 3.49. The van der Waals surface area contributed by atoms with Gasteiger partial charge >= 0.3 is 5.97 Å². The molecule has 1 heterocycles. The standard InChI is InChI=1S/C15H14BrNO3/c1-19-14-5-3-4-13(17-14)10-6-7-12(15(18)20-2)11(8-10)9-16/h3-8H,9H2,1-2H3. The molecule has 0 bridgehead atoms. The van der Waals surface area contributed by atoms with Gasteiger partial charge in [0.1, 0.15) is 0 Å². The summed E-state index contributed by atoms with van der Waals surface area (Å²) in [5, 5.41) is 0.565. The van der Waals surface area contributed by atoms with Gasteiger partial charge in [-0.25, -0.2) is 9.78 Å². The Balaban J connectivity index is 2.45. The molecule has 0 radical (unpaired) electrons. The van der Waals surface area contributed by atoms with Crippen molar-refractivity contribution in [3.63, 3.8) is 0 Å². The monoisotopic (exact) mass is 335 g/mol. The van der Waals surface area contributed by atoms with Crippen molar-refractivity contribution in [2.45, 2.75) is 5.33 Å². The molecule has 1 aromatic heterocycles. The van der Waals surface area contributed by atoms with Gasteiger partial charge in [0, 0.05) is 17.0 Å². The van der Waals surface area contributed by atoms with E-state index in [9.17, 15) is 4.79 Å². The largest absolute Gasteiger partial charge is 0.481 e. The second-order valence-electron chi connectivity index (χ2n) is 4.06. The van der Waals surface area contributed by atoms with E-state index in [0.29, 0.717) is 16.8 Å². The lowest BCUT2D eigenvalue weighted by atomic mass is 10.0. The van der Waals surface area contributed by atoms with Gasteiger partial charge < -0.3 is 9.47 Å². The van der Waals surface area contributed by atoms with Crippen LogP contribution in [0.3, 0.4) is 0 Å². The van der Waals surface area contributed by atoms with Crippen LogP contribution in [0.15, 0.2) is 36.4 Å². The van der Waals surface area contributed by atoms with Gasteiger partial charge in [-0.15, -0.1) is 0 Å². The highest BCUT2D eigenvalue weighted by Crippen LogP contribution is 2.24. The molecule has 0 saturated carbocycles. The van der Waals surface area contributed by atoms with Crippen molar-refractivity contribution < 1.29 is 14.3 Å². The first-order valence-electron chi connectivity index (χ1n) is 5.98. The minimum atomic E-state index is -0.343. The second kappa shape index (κ2) is 6.52. The highest BCUT2D eigenvalue weighted by atomic mass is 79.9. The van der Waals surface area contributed by atoms with Crippen LogP contribution in [-0.4, -0.2) is 25.2 Å². The number of methoxy groups -OCH3 is 2. The number of aromatic nitrogens is 1. The van der Waals surface area contributed by atoms with Crippen molar-refractivity contribution in [2.75, 3.05) is 14.2 Å². The molecule has 0 unspecified atom stereocenters. The van der Waals surface area contributed by atoms with Crippen molar-refractivity contribution in [2.24, 2.45) is 0 Å². The summed E-state index contributed by atoms with van der Waals surface area (Å²) in [7, 11) is 2.95. The van der Waals surface area contributed by atoms with E-state index in [1.807, 2.05) is 24.3 Å². The molecule has 0 aliphatic carbocycles. The summed E-state index contributed by atoms with van der Waals surface area (Å²) in [6.45, 7) is 0. The SMILES string of the molecule is COC(=O)c1ccc(-c2cccc(OC)n2)cc1CBr. The lowest BCUT2D eigenvalue weighted by Crippen LogP contribution is -2.05. The van der Waals surface area contributed by atoms with E-state index >= 15 is 0 Å². The molecule has 2 rings (SSSR count). The van der Waals surface area contributed by atoms with Crippen molar-refractivity contribution in [3.05, 3.63) is 47.5 Å². The number of rotatable bonds is 4. The van der Waals surface area contributed by atoms with Gasteiger partial charge in [-0.2, -0.15) is 0 Å². The summed E-state index contributed by atoms with van der Waals surface area (Å²) >= 11 is 3.39. The Morgan fingerprint density at radius 1 is 1.25 bits per heavy atom. The Morgan fingerprint density at radius 2 is 2.05 bits per heavy atom. The Labute approximate surface area is 125 Å². The van der Waals surface area contributed by atoms with E-state index in [1.54, 1.807) is 19.2 Å². The molecule has 0 amide bonds. The number of pyridine rings is 1. The lowest BCUT2D eigenvalue weighted by molar-refractivity contribution is 0.0600. The Hall–Kier alpha value is -1.88. The van der Waals surface area contributed by atoms with Crippen LogP contribution in [0, 0.1) is 0 Å². The minimum Gasteiger partial charge on any atom is -0.481 e. The fourth-order valence-electron chi connectivity index (χ4n) is 1.86. The number of ether oxygens (including phenoxy) is 2. The van der Waals surface area contributed by atoms with Crippen molar-refractivity contribution in [1.82, 2.24) is 4.98 Å². The van der Waals surface area contributed by atoms with Crippen LogP contribution in [0.1, 0.15) is 15.9 Å². The molecule has 2 aromatic rings.